The number of hydrogen-bond acceptors (Lipinski definition) is 11. The Bertz CT molecular complexity index is 1580. The van der Waals surface area contributed by atoms with Gasteiger partial charge in [-0.05, 0) is 70.6 Å². The average molecular weight is 1060 g/mol. The number of rotatable bonds is 50. The van der Waals surface area contributed by atoms with E-state index >= 15 is 0 Å². The molecule has 0 aromatic heterocycles. The molecule has 0 aromatic carbocycles. The van der Waals surface area contributed by atoms with E-state index in [0.717, 1.165) is 70.6 Å². The second-order valence-corrected chi connectivity index (χ2v) is 20.3. The number of hydrogen-bond donors (Lipinski definition) is 3. The minimum atomic E-state index is -1.91. The van der Waals surface area contributed by atoms with Crippen LogP contribution in [0.2, 0.25) is 0 Å². The summed E-state index contributed by atoms with van der Waals surface area (Å²) in [4.78, 5) is 51.0. The van der Waals surface area contributed by atoms with E-state index in [4.69, 9.17) is 23.7 Å². The number of aliphatic hydroxyl groups excluding tert-OH is 2. The Morgan fingerprint density at radius 3 is 1.33 bits per heavy atom. The van der Waals surface area contributed by atoms with Gasteiger partial charge in [0.05, 0.1) is 13.0 Å². The average Bonchev–Trinajstić information content (AvgIpc) is 3.39. The van der Waals surface area contributed by atoms with Crippen molar-refractivity contribution in [1.82, 2.24) is 0 Å². The molecule has 1 aliphatic rings. The molecule has 0 aliphatic carbocycles. The zero-order chi connectivity index (χ0) is 54.7. The normalized spacial score (nSPS) is 18.7. The van der Waals surface area contributed by atoms with E-state index in [1.54, 1.807) is 6.08 Å². The van der Waals surface area contributed by atoms with Crippen molar-refractivity contribution in [3.63, 3.8) is 0 Å². The number of ether oxygens (including phenoxy) is 5. The van der Waals surface area contributed by atoms with Crippen molar-refractivity contribution in [2.45, 2.75) is 289 Å². The second-order valence-electron chi connectivity index (χ2n) is 20.3. The van der Waals surface area contributed by atoms with Gasteiger partial charge in [-0.1, -0.05) is 235 Å². The lowest BCUT2D eigenvalue weighted by Crippen LogP contribution is -2.61. The first-order chi connectivity index (χ1) is 36.6. The summed E-state index contributed by atoms with van der Waals surface area (Å²) in [6, 6.07) is 0. The molecule has 0 amide bonds. The Kier molecular flexibility index (Phi) is 47.0. The topological polar surface area (TPSA) is 175 Å². The van der Waals surface area contributed by atoms with Crippen LogP contribution in [0, 0.1) is 0 Å². The maximum absolute atomic E-state index is 13.1. The molecule has 1 rings (SSSR count). The number of unbranched alkanes of at least 4 members (excludes halogenated alkanes) is 25. The first-order valence-corrected chi connectivity index (χ1v) is 29.9. The molecule has 0 aromatic rings. The molecule has 75 heavy (non-hydrogen) atoms. The molecule has 0 bridgehead atoms. The molecule has 1 aliphatic heterocycles. The third-order valence-electron chi connectivity index (χ3n) is 13.3. The van der Waals surface area contributed by atoms with Gasteiger partial charge in [-0.25, -0.2) is 4.79 Å². The van der Waals surface area contributed by atoms with Crippen LogP contribution in [0.5, 0.6) is 0 Å². The van der Waals surface area contributed by atoms with Gasteiger partial charge in [0.15, 0.2) is 24.6 Å². The summed E-state index contributed by atoms with van der Waals surface area (Å²) in [6.07, 6.45) is 52.0. The number of carbonyl (C=O) groups excluding carboxylic acids is 3. The van der Waals surface area contributed by atoms with Crippen LogP contribution in [0.25, 0.3) is 0 Å². The Labute approximate surface area is 455 Å². The molecule has 6 atom stereocenters. The summed E-state index contributed by atoms with van der Waals surface area (Å²) < 4.78 is 28.3. The first kappa shape index (κ1) is 69.2. The molecule has 3 N–H and O–H groups in total. The molecule has 1 fully saturated rings. The van der Waals surface area contributed by atoms with Crippen LogP contribution in [-0.4, -0.2) is 89.2 Å². The number of aliphatic hydroxyl groups is 2. The molecular formula is C63H106O12. The maximum atomic E-state index is 13.1. The molecule has 430 valence electrons. The molecule has 1 saturated heterocycles. The molecule has 1 heterocycles. The summed E-state index contributed by atoms with van der Waals surface area (Å²) in [5.41, 5.74) is 0. The van der Waals surface area contributed by atoms with Crippen molar-refractivity contribution >= 4 is 23.9 Å². The lowest BCUT2D eigenvalue weighted by Gasteiger charge is -2.40. The third kappa shape index (κ3) is 41.0. The third-order valence-corrected chi connectivity index (χ3v) is 13.3. The summed E-state index contributed by atoms with van der Waals surface area (Å²) in [5, 5.41) is 31.4. The summed E-state index contributed by atoms with van der Waals surface area (Å²) in [7, 11) is 0. The zero-order valence-electron chi connectivity index (χ0n) is 47.3. The highest BCUT2D eigenvalue weighted by molar-refractivity contribution is 5.74. The Morgan fingerprint density at radius 1 is 0.467 bits per heavy atom. The van der Waals surface area contributed by atoms with E-state index < -0.39 is 67.3 Å². The molecule has 6 unspecified atom stereocenters. The van der Waals surface area contributed by atoms with Crippen LogP contribution >= 0.6 is 0 Å². The zero-order valence-corrected chi connectivity index (χ0v) is 47.3. The number of allylic oxidation sites excluding steroid dienone is 11. The second kappa shape index (κ2) is 50.9. The molecule has 12 nitrogen and oxygen atoms in total. The van der Waals surface area contributed by atoms with E-state index in [9.17, 15) is 34.5 Å². The van der Waals surface area contributed by atoms with Crippen molar-refractivity contribution in [3.8, 4) is 0 Å². The largest absolute Gasteiger partial charge is 0.479 e. The van der Waals surface area contributed by atoms with Crippen LogP contribution in [0.15, 0.2) is 72.9 Å². The fraction of sp³-hybridized carbons (Fsp3) is 0.746. The van der Waals surface area contributed by atoms with Gasteiger partial charge in [0.25, 0.3) is 0 Å². The minimum Gasteiger partial charge on any atom is -0.479 e. The van der Waals surface area contributed by atoms with Crippen LogP contribution in [0.3, 0.4) is 0 Å². The smallest absolute Gasteiger partial charge is 0.335 e. The lowest BCUT2D eigenvalue weighted by atomic mass is 9.98. The Balaban J connectivity index is 2.71. The highest BCUT2D eigenvalue weighted by Crippen LogP contribution is 2.26. The van der Waals surface area contributed by atoms with E-state index in [1.807, 2.05) is 12.2 Å². The fourth-order valence-corrected chi connectivity index (χ4v) is 8.73. The van der Waals surface area contributed by atoms with Gasteiger partial charge in [0, 0.05) is 12.8 Å². The highest BCUT2D eigenvalue weighted by atomic mass is 16.7. The first-order valence-electron chi connectivity index (χ1n) is 29.9. The summed E-state index contributed by atoms with van der Waals surface area (Å²) in [6.45, 7) is 5.78. The van der Waals surface area contributed by atoms with Crippen LogP contribution in [0.4, 0.5) is 0 Å². The van der Waals surface area contributed by atoms with E-state index in [2.05, 4.69) is 75.5 Å². The molecular weight excluding hydrogens is 949 g/mol. The number of esters is 3. The minimum absolute atomic E-state index is 0.0507. The molecule has 0 radical (unpaired) electrons. The van der Waals surface area contributed by atoms with Gasteiger partial charge in [-0.15, -0.1) is 0 Å². The standard InChI is InChI=1S/C63H106O12/c1-4-7-10-13-16-19-22-24-26-27-28-29-31-32-35-37-40-43-46-49-55(64)71-52-54(73-56(65)50-47-44-41-39-36-33-30-25-23-20-17-14-11-8-5-2)53-72-63-61(59(68)58(67)60(75-63)62(69)70)74-57(66)51-48-45-42-38-34-21-18-15-12-9-6-3/h8,11,17,20,24-26,30,36,39,44,47,54,58-61,63,67-68H,4-7,9-10,12-16,18-19,21-23,27-29,31-35,37-38,40-43,45-46,48-53H2,1-3H3,(H,69,70)/b11-8-,20-17-,26-24-,30-25-,39-36-,47-44-. The van der Waals surface area contributed by atoms with Crippen molar-refractivity contribution in [2.24, 2.45) is 0 Å². The number of aliphatic carboxylic acids is 1. The predicted octanol–water partition coefficient (Wildman–Crippen LogP) is 15.3. The van der Waals surface area contributed by atoms with E-state index in [-0.39, 0.29) is 25.9 Å². The lowest BCUT2D eigenvalue weighted by molar-refractivity contribution is -0.301. The van der Waals surface area contributed by atoms with Crippen molar-refractivity contribution in [1.29, 1.82) is 0 Å². The van der Waals surface area contributed by atoms with Gasteiger partial charge >= 0.3 is 23.9 Å². The molecule has 0 saturated carbocycles. The van der Waals surface area contributed by atoms with Gasteiger partial charge in [-0.3, -0.25) is 14.4 Å². The quantitative estimate of drug-likeness (QED) is 0.0228. The van der Waals surface area contributed by atoms with Crippen molar-refractivity contribution in [3.05, 3.63) is 72.9 Å². The van der Waals surface area contributed by atoms with Crippen molar-refractivity contribution in [2.75, 3.05) is 13.2 Å². The van der Waals surface area contributed by atoms with Gasteiger partial charge in [-0.2, -0.15) is 0 Å². The van der Waals surface area contributed by atoms with Gasteiger partial charge < -0.3 is 39.0 Å². The number of carboxylic acid groups (broad SMARTS) is 1. The SMILES string of the molecule is CC/C=C\C/C=C\C/C=C\C/C=C\C/C=C\CC(=O)OC(COC(=O)CCCCCCCCCCC/C=C\CCCCCCCC)COC1OC(C(=O)O)C(O)C(O)C1OC(=O)CCCCCCCCCCCCC. The Hall–Kier alpha value is -3.84. The molecule has 0 spiro atoms. The van der Waals surface area contributed by atoms with Crippen LogP contribution in [-0.2, 0) is 42.9 Å². The predicted molar refractivity (Wildman–Crippen MR) is 303 cm³/mol. The molecule has 12 heteroatoms. The number of carboxylic acids is 1. The summed E-state index contributed by atoms with van der Waals surface area (Å²) in [5.74, 6) is -3.28. The van der Waals surface area contributed by atoms with Gasteiger partial charge in [0.2, 0.25) is 0 Å². The van der Waals surface area contributed by atoms with E-state index in [0.29, 0.717) is 19.3 Å². The maximum Gasteiger partial charge on any atom is 0.335 e. The highest BCUT2D eigenvalue weighted by Gasteiger charge is 2.50. The Morgan fingerprint density at radius 2 is 0.880 bits per heavy atom. The monoisotopic (exact) mass is 1050 g/mol. The number of carbonyl (C=O) groups is 4. The van der Waals surface area contributed by atoms with Crippen LogP contribution in [0.1, 0.15) is 252 Å². The van der Waals surface area contributed by atoms with Crippen molar-refractivity contribution < 1.29 is 58.2 Å². The summed E-state index contributed by atoms with van der Waals surface area (Å²) >= 11 is 0. The fourth-order valence-electron chi connectivity index (χ4n) is 8.73. The van der Waals surface area contributed by atoms with Crippen LogP contribution < -0.4 is 0 Å². The van der Waals surface area contributed by atoms with E-state index in [1.165, 1.54) is 122 Å². The van der Waals surface area contributed by atoms with Gasteiger partial charge in [0.1, 0.15) is 18.8 Å².